The summed E-state index contributed by atoms with van der Waals surface area (Å²) >= 11 is 3.53. The minimum Gasteiger partial charge on any atom is -0.371 e. The van der Waals surface area contributed by atoms with Crippen LogP contribution in [0.4, 0.5) is 0 Å². The molecule has 0 saturated heterocycles. The van der Waals surface area contributed by atoms with Crippen molar-refractivity contribution in [1.82, 2.24) is 0 Å². The van der Waals surface area contributed by atoms with Crippen LogP contribution in [0.25, 0.3) is 0 Å². The van der Waals surface area contributed by atoms with Crippen molar-refractivity contribution in [3.05, 3.63) is 84.4 Å². The van der Waals surface area contributed by atoms with Gasteiger partial charge in [-0.15, -0.1) is 6.58 Å². The SMILES string of the molecule is C=CCCC(OCc1ccccc1)C(CCCCBr)OCc1ccccc1. The molecule has 3 heteroatoms. The van der Waals surface area contributed by atoms with Crippen molar-refractivity contribution in [3.8, 4) is 0 Å². The normalized spacial score (nSPS) is 13.2. The fourth-order valence-corrected chi connectivity index (χ4v) is 3.43. The summed E-state index contributed by atoms with van der Waals surface area (Å²) in [5.41, 5.74) is 2.40. The van der Waals surface area contributed by atoms with Crippen molar-refractivity contribution in [2.75, 3.05) is 5.33 Å². The maximum atomic E-state index is 6.35. The fourth-order valence-electron chi connectivity index (χ4n) is 3.03. The van der Waals surface area contributed by atoms with Crippen molar-refractivity contribution in [1.29, 1.82) is 0 Å². The van der Waals surface area contributed by atoms with Gasteiger partial charge in [-0.25, -0.2) is 0 Å². The van der Waals surface area contributed by atoms with Crippen LogP contribution in [0.15, 0.2) is 73.3 Å². The topological polar surface area (TPSA) is 18.5 Å². The average Bonchev–Trinajstić information content (AvgIpc) is 2.72. The molecule has 0 amide bonds. The van der Waals surface area contributed by atoms with Crippen LogP contribution in [0.1, 0.15) is 43.2 Å². The third kappa shape index (κ3) is 8.87. The van der Waals surface area contributed by atoms with E-state index < -0.39 is 0 Å². The lowest BCUT2D eigenvalue weighted by Gasteiger charge is -2.28. The van der Waals surface area contributed by atoms with E-state index in [1.165, 1.54) is 11.1 Å². The van der Waals surface area contributed by atoms with Gasteiger partial charge in [0.15, 0.2) is 0 Å². The summed E-state index contributed by atoms with van der Waals surface area (Å²) in [5, 5.41) is 1.03. The van der Waals surface area contributed by atoms with E-state index in [1.54, 1.807) is 0 Å². The molecule has 2 unspecified atom stereocenters. The Hall–Kier alpha value is -1.42. The van der Waals surface area contributed by atoms with Crippen molar-refractivity contribution in [2.24, 2.45) is 0 Å². The highest BCUT2D eigenvalue weighted by Gasteiger charge is 2.22. The number of unbranched alkanes of at least 4 members (excludes halogenated alkanes) is 1. The quantitative estimate of drug-likeness (QED) is 0.189. The van der Waals surface area contributed by atoms with Crippen LogP contribution in [0.3, 0.4) is 0 Å². The van der Waals surface area contributed by atoms with Crippen LogP contribution in [-0.4, -0.2) is 17.5 Å². The highest BCUT2D eigenvalue weighted by molar-refractivity contribution is 9.09. The first kappa shape index (κ1) is 21.9. The van der Waals surface area contributed by atoms with Gasteiger partial charge in [0.1, 0.15) is 0 Å². The summed E-state index contributed by atoms with van der Waals surface area (Å²) in [7, 11) is 0. The predicted octanol–water partition coefficient (Wildman–Crippen LogP) is 6.69. The molecule has 2 aromatic carbocycles. The molecule has 0 aliphatic carbocycles. The van der Waals surface area contributed by atoms with Gasteiger partial charge in [0.25, 0.3) is 0 Å². The largest absolute Gasteiger partial charge is 0.371 e. The van der Waals surface area contributed by atoms with E-state index >= 15 is 0 Å². The second-order valence-electron chi connectivity index (χ2n) is 6.72. The molecule has 27 heavy (non-hydrogen) atoms. The molecule has 0 radical (unpaired) electrons. The number of ether oxygens (including phenoxy) is 2. The molecule has 146 valence electrons. The first-order chi connectivity index (χ1) is 13.3. The van der Waals surface area contributed by atoms with Gasteiger partial charge in [-0.1, -0.05) is 82.7 Å². The molecule has 0 aromatic heterocycles. The lowest BCUT2D eigenvalue weighted by Crippen LogP contribution is -2.32. The van der Waals surface area contributed by atoms with Crippen molar-refractivity contribution >= 4 is 15.9 Å². The molecule has 2 aromatic rings. The summed E-state index contributed by atoms with van der Waals surface area (Å²) < 4.78 is 12.7. The summed E-state index contributed by atoms with van der Waals surface area (Å²) in [6, 6.07) is 20.7. The number of hydrogen-bond donors (Lipinski definition) is 0. The molecule has 0 fully saturated rings. The Morgan fingerprint density at radius 1 is 0.778 bits per heavy atom. The fraction of sp³-hybridized carbons (Fsp3) is 0.417. The molecule has 0 spiro atoms. The van der Waals surface area contributed by atoms with Crippen LogP contribution in [0.2, 0.25) is 0 Å². The zero-order valence-corrected chi connectivity index (χ0v) is 17.6. The number of hydrogen-bond acceptors (Lipinski definition) is 2. The molecule has 0 heterocycles. The van der Waals surface area contributed by atoms with Gasteiger partial charge in [0.2, 0.25) is 0 Å². The highest BCUT2D eigenvalue weighted by atomic mass is 79.9. The first-order valence-electron chi connectivity index (χ1n) is 9.81. The molecule has 0 aliphatic rings. The van der Waals surface area contributed by atoms with E-state index in [1.807, 2.05) is 18.2 Å². The van der Waals surface area contributed by atoms with Crippen LogP contribution < -0.4 is 0 Å². The third-order valence-corrected chi connectivity index (χ3v) is 5.12. The van der Waals surface area contributed by atoms with Crippen LogP contribution in [-0.2, 0) is 22.7 Å². The predicted molar refractivity (Wildman–Crippen MR) is 117 cm³/mol. The smallest absolute Gasteiger partial charge is 0.0844 e. The lowest BCUT2D eigenvalue weighted by atomic mass is 10.0. The number of allylic oxidation sites excluding steroid dienone is 1. The molecular formula is C24H31BrO2. The molecule has 2 atom stereocenters. The zero-order chi connectivity index (χ0) is 19.2. The Morgan fingerprint density at radius 2 is 1.30 bits per heavy atom. The number of halogens is 1. The molecule has 2 nitrogen and oxygen atoms in total. The van der Waals surface area contributed by atoms with Gasteiger partial charge in [-0.05, 0) is 43.2 Å². The van der Waals surface area contributed by atoms with E-state index in [2.05, 4.69) is 71.0 Å². The zero-order valence-electron chi connectivity index (χ0n) is 16.1. The lowest BCUT2D eigenvalue weighted by molar-refractivity contribution is -0.0917. The maximum absolute atomic E-state index is 6.35. The maximum Gasteiger partial charge on any atom is 0.0844 e. The van der Waals surface area contributed by atoms with Gasteiger partial charge in [0, 0.05) is 5.33 Å². The molecule has 0 N–H and O–H groups in total. The minimum absolute atomic E-state index is 0.0715. The standard InChI is InChI=1S/C24H31BrO2/c1-2-3-16-23(26-19-21-12-6-4-7-13-21)24(17-10-11-18-25)27-20-22-14-8-5-9-15-22/h2,4-9,12-15,23-24H,1,3,10-11,16-20H2. The molecule has 2 rings (SSSR count). The van der Waals surface area contributed by atoms with Gasteiger partial charge >= 0.3 is 0 Å². The Kier molecular flexibility index (Phi) is 11.1. The van der Waals surface area contributed by atoms with E-state index in [0.717, 1.165) is 37.4 Å². The second kappa shape index (κ2) is 13.7. The molecular weight excluding hydrogens is 400 g/mol. The van der Waals surface area contributed by atoms with Crippen molar-refractivity contribution < 1.29 is 9.47 Å². The van der Waals surface area contributed by atoms with E-state index in [4.69, 9.17) is 9.47 Å². The second-order valence-corrected chi connectivity index (χ2v) is 7.51. The van der Waals surface area contributed by atoms with Crippen molar-refractivity contribution in [3.63, 3.8) is 0 Å². The Balaban J connectivity index is 2.00. The van der Waals surface area contributed by atoms with E-state index in [-0.39, 0.29) is 12.2 Å². The Bertz CT molecular complexity index is 615. The van der Waals surface area contributed by atoms with Gasteiger partial charge in [-0.3, -0.25) is 0 Å². The number of alkyl halides is 1. The average molecular weight is 431 g/mol. The van der Waals surface area contributed by atoms with Crippen molar-refractivity contribution in [2.45, 2.75) is 57.5 Å². The Morgan fingerprint density at radius 3 is 1.78 bits per heavy atom. The Labute approximate surface area is 172 Å². The van der Waals surface area contributed by atoms with Crippen LogP contribution in [0.5, 0.6) is 0 Å². The highest BCUT2D eigenvalue weighted by Crippen LogP contribution is 2.20. The first-order valence-corrected chi connectivity index (χ1v) is 10.9. The van der Waals surface area contributed by atoms with Crippen LogP contribution in [0, 0.1) is 0 Å². The van der Waals surface area contributed by atoms with E-state index in [9.17, 15) is 0 Å². The van der Waals surface area contributed by atoms with Gasteiger partial charge in [-0.2, -0.15) is 0 Å². The van der Waals surface area contributed by atoms with E-state index in [0.29, 0.717) is 13.2 Å². The summed E-state index contributed by atoms with van der Waals surface area (Å²) in [4.78, 5) is 0. The summed E-state index contributed by atoms with van der Waals surface area (Å²) in [6.07, 6.45) is 7.28. The summed E-state index contributed by atoms with van der Waals surface area (Å²) in [6.45, 7) is 5.12. The monoisotopic (exact) mass is 430 g/mol. The summed E-state index contributed by atoms with van der Waals surface area (Å²) in [5.74, 6) is 0. The number of rotatable bonds is 14. The molecule has 0 aliphatic heterocycles. The van der Waals surface area contributed by atoms with Gasteiger partial charge in [0.05, 0.1) is 25.4 Å². The third-order valence-electron chi connectivity index (χ3n) is 4.56. The minimum atomic E-state index is 0.0715. The molecule has 0 saturated carbocycles. The molecule has 0 bridgehead atoms. The van der Waals surface area contributed by atoms with Crippen LogP contribution >= 0.6 is 15.9 Å². The number of benzene rings is 2. The van der Waals surface area contributed by atoms with Gasteiger partial charge < -0.3 is 9.47 Å².